The highest BCUT2D eigenvalue weighted by Gasteiger charge is 2.18. The van der Waals surface area contributed by atoms with E-state index in [0.29, 0.717) is 41.6 Å². The zero-order chi connectivity index (χ0) is 17.7. The summed E-state index contributed by atoms with van der Waals surface area (Å²) in [7, 11) is 3.56. The number of aryl methyl sites for hydroxylation is 1. The van der Waals surface area contributed by atoms with E-state index in [-0.39, 0.29) is 0 Å². The molecule has 2 rings (SSSR count). The van der Waals surface area contributed by atoms with Gasteiger partial charge in [0.2, 0.25) is 11.9 Å². The van der Waals surface area contributed by atoms with Crippen LogP contribution >= 0.6 is 0 Å². The first-order valence-corrected chi connectivity index (χ1v) is 8.28. The molecular formula is C16H27N7O. The standard InChI is InChI=1S/C16H27N7O/c1-6-9-19-13-12-11(21-15(18-5)23-13)10(7-8-16(2,3)24)20-14(17-4)22-12/h24H,6-9H2,1-5H3,(H,17,20,22)(H2,18,19,21,23). The molecule has 8 nitrogen and oxygen atoms in total. The Labute approximate surface area is 142 Å². The van der Waals surface area contributed by atoms with Crippen LogP contribution in [0, 0.1) is 0 Å². The van der Waals surface area contributed by atoms with Crippen molar-refractivity contribution in [3.05, 3.63) is 5.69 Å². The molecule has 8 heteroatoms. The van der Waals surface area contributed by atoms with Crippen LogP contribution in [-0.2, 0) is 6.42 Å². The second-order valence-corrected chi connectivity index (χ2v) is 6.33. The van der Waals surface area contributed by atoms with E-state index in [1.165, 1.54) is 0 Å². The summed E-state index contributed by atoms with van der Waals surface area (Å²) in [4.78, 5) is 18.1. The van der Waals surface area contributed by atoms with Gasteiger partial charge >= 0.3 is 0 Å². The van der Waals surface area contributed by atoms with Gasteiger partial charge < -0.3 is 21.1 Å². The molecule has 0 aliphatic heterocycles. The van der Waals surface area contributed by atoms with Gasteiger partial charge in [0.1, 0.15) is 11.0 Å². The van der Waals surface area contributed by atoms with Crippen LogP contribution < -0.4 is 16.0 Å². The molecule has 0 unspecified atom stereocenters. The van der Waals surface area contributed by atoms with Crippen LogP contribution in [0.2, 0.25) is 0 Å². The number of nitrogens with zero attached hydrogens (tertiary/aromatic N) is 4. The Bertz CT molecular complexity index is 697. The van der Waals surface area contributed by atoms with E-state index >= 15 is 0 Å². The summed E-state index contributed by atoms with van der Waals surface area (Å²) in [5.74, 6) is 1.73. The fourth-order valence-corrected chi connectivity index (χ4v) is 2.26. The van der Waals surface area contributed by atoms with E-state index in [9.17, 15) is 5.11 Å². The highest BCUT2D eigenvalue weighted by molar-refractivity contribution is 5.88. The van der Waals surface area contributed by atoms with Crippen molar-refractivity contribution < 1.29 is 5.11 Å². The number of hydrogen-bond donors (Lipinski definition) is 4. The molecule has 0 aromatic carbocycles. The average molecular weight is 333 g/mol. The van der Waals surface area contributed by atoms with Gasteiger partial charge in [-0.25, -0.2) is 15.0 Å². The van der Waals surface area contributed by atoms with Crippen LogP contribution in [0.1, 0.15) is 39.3 Å². The molecule has 0 aliphatic rings. The fraction of sp³-hybridized carbons (Fsp3) is 0.625. The molecule has 4 N–H and O–H groups in total. The minimum atomic E-state index is -0.765. The topological polar surface area (TPSA) is 108 Å². The third-order valence-electron chi connectivity index (χ3n) is 3.58. The normalized spacial score (nSPS) is 11.6. The van der Waals surface area contributed by atoms with Gasteiger partial charge in [0, 0.05) is 20.6 Å². The maximum Gasteiger partial charge on any atom is 0.225 e. The molecule has 0 saturated carbocycles. The lowest BCUT2D eigenvalue weighted by Crippen LogP contribution is -2.20. The average Bonchev–Trinajstić information content (AvgIpc) is 2.56. The Balaban J connectivity index is 2.57. The van der Waals surface area contributed by atoms with E-state index in [0.717, 1.165) is 18.7 Å². The van der Waals surface area contributed by atoms with Gasteiger partial charge in [-0.05, 0) is 33.1 Å². The van der Waals surface area contributed by atoms with E-state index in [4.69, 9.17) is 0 Å². The van der Waals surface area contributed by atoms with Gasteiger partial charge in [0.25, 0.3) is 0 Å². The maximum absolute atomic E-state index is 10.0. The fourth-order valence-electron chi connectivity index (χ4n) is 2.26. The van der Waals surface area contributed by atoms with Crippen LogP contribution in [0.4, 0.5) is 17.7 Å². The van der Waals surface area contributed by atoms with Crippen LogP contribution in [0.15, 0.2) is 0 Å². The number of rotatable bonds is 8. The largest absolute Gasteiger partial charge is 0.390 e. The van der Waals surface area contributed by atoms with E-state index in [2.05, 4.69) is 42.8 Å². The van der Waals surface area contributed by atoms with Crippen molar-refractivity contribution in [1.29, 1.82) is 0 Å². The maximum atomic E-state index is 10.0. The molecule has 0 aliphatic carbocycles. The number of nitrogens with one attached hydrogen (secondary N) is 3. The van der Waals surface area contributed by atoms with Crippen molar-refractivity contribution in [2.24, 2.45) is 0 Å². The lowest BCUT2D eigenvalue weighted by Gasteiger charge is -2.17. The van der Waals surface area contributed by atoms with Gasteiger partial charge in [-0.3, -0.25) is 0 Å². The minimum absolute atomic E-state index is 0.520. The van der Waals surface area contributed by atoms with Crippen molar-refractivity contribution >= 4 is 28.7 Å². The molecule has 0 atom stereocenters. The molecule has 24 heavy (non-hydrogen) atoms. The Hall–Kier alpha value is -2.22. The zero-order valence-corrected chi connectivity index (χ0v) is 15.1. The summed E-state index contributed by atoms with van der Waals surface area (Å²) in [5.41, 5.74) is 1.42. The van der Waals surface area contributed by atoms with Crippen molar-refractivity contribution in [1.82, 2.24) is 19.9 Å². The predicted molar refractivity (Wildman–Crippen MR) is 97.6 cm³/mol. The van der Waals surface area contributed by atoms with E-state index in [1.54, 1.807) is 27.9 Å². The van der Waals surface area contributed by atoms with Crippen LogP contribution in [-0.4, -0.2) is 51.3 Å². The van der Waals surface area contributed by atoms with Crippen molar-refractivity contribution in [3.8, 4) is 0 Å². The first kappa shape index (κ1) is 18.1. The van der Waals surface area contributed by atoms with Gasteiger partial charge in [-0.2, -0.15) is 4.98 Å². The van der Waals surface area contributed by atoms with E-state index < -0.39 is 5.60 Å². The summed E-state index contributed by atoms with van der Waals surface area (Å²) in [5, 5.41) is 19.3. The molecule has 0 amide bonds. The Morgan fingerprint density at radius 3 is 2.17 bits per heavy atom. The van der Waals surface area contributed by atoms with Gasteiger partial charge in [0.05, 0.1) is 11.3 Å². The Kier molecular flexibility index (Phi) is 5.71. The third-order valence-corrected chi connectivity index (χ3v) is 3.58. The highest BCUT2D eigenvalue weighted by atomic mass is 16.3. The van der Waals surface area contributed by atoms with Crippen molar-refractivity contribution in [2.75, 3.05) is 36.6 Å². The van der Waals surface area contributed by atoms with Crippen LogP contribution in [0.5, 0.6) is 0 Å². The zero-order valence-electron chi connectivity index (χ0n) is 15.1. The van der Waals surface area contributed by atoms with Crippen LogP contribution in [0.25, 0.3) is 11.0 Å². The molecule has 0 radical (unpaired) electrons. The lowest BCUT2D eigenvalue weighted by molar-refractivity contribution is 0.0712. The summed E-state index contributed by atoms with van der Waals surface area (Å²) in [6.45, 7) is 6.47. The number of aliphatic hydroxyl groups is 1. The Morgan fingerprint density at radius 2 is 1.58 bits per heavy atom. The van der Waals surface area contributed by atoms with Gasteiger partial charge in [0.15, 0.2) is 5.82 Å². The third kappa shape index (κ3) is 4.41. The predicted octanol–water partition coefficient (Wildman–Crippen LogP) is 2.03. The van der Waals surface area contributed by atoms with Gasteiger partial charge in [-0.15, -0.1) is 0 Å². The van der Waals surface area contributed by atoms with Crippen molar-refractivity contribution in [3.63, 3.8) is 0 Å². The number of hydrogen-bond acceptors (Lipinski definition) is 8. The highest BCUT2D eigenvalue weighted by Crippen LogP contribution is 2.25. The number of aromatic nitrogens is 4. The second-order valence-electron chi connectivity index (χ2n) is 6.33. The monoisotopic (exact) mass is 333 g/mol. The SMILES string of the molecule is CCCNc1nc(NC)nc2c(CCC(C)(C)O)nc(NC)nc12. The molecule has 0 bridgehead atoms. The summed E-state index contributed by atoms with van der Waals surface area (Å²) >= 11 is 0. The molecular weight excluding hydrogens is 306 g/mol. The molecule has 0 spiro atoms. The minimum Gasteiger partial charge on any atom is -0.390 e. The molecule has 2 heterocycles. The van der Waals surface area contributed by atoms with Crippen LogP contribution in [0.3, 0.4) is 0 Å². The smallest absolute Gasteiger partial charge is 0.225 e. The molecule has 0 saturated heterocycles. The molecule has 0 fully saturated rings. The first-order chi connectivity index (χ1) is 11.4. The van der Waals surface area contributed by atoms with Crippen molar-refractivity contribution in [2.45, 2.75) is 45.6 Å². The number of fused-ring (bicyclic) bond motifs is 1. The Morgan fingerprint density at radius 1 is 0.958 bits per heavy atom. The number of anilines is 3. The molecule has 132 valence electrons. The quantitative estimate of drug-likeness (QED) is 0.581. The van der Waals surface area contributed by atoms with Gasteiger partial charge in [-0.1, -0.05) is 6.92 Å². The second kappa shape index (κ2) is 7.57. The summed E-state index contributed by atoms with van der Waals surface area (Å²) in [6, 6.07) is 0. The molecule has 2 aromatic heterocycles. The first-order valence-electron chi connectivity index (χ1n) is 8.28. The lowest BCUT2D eigenvalue weighted by atomic mass is 10.0. The van der Waals surface area contributed by atoms with E-state index in [1.807, 2.05) is 0 Å². The summed E-state index contributed by atoms with van der Waals surface area (Å²) in [6.07, 6.45) is 2.17. The molecule has 2 aromatic rings. The summed E-state index contributed by atoms with van der Waals surface area (Å²) < 4.78 is 0.